The van der Waals surface area contributed by atoms with Crippen molar-refractivity contribution in [2.24, 2.45) is 14.1 Å². The average molecular weight is 907 g/mol. The topological polar surface area (TPSA) is 16.3 Å². The Hall–Kier alpha value is -3.00. The quantitative estimate of drug-likeness (QED) is 0.0660. The summed E-state index contributed by atoms with van der Waals surface area (Å²) in [6.07, 6.45) is 17.8. The third-order valence-corrected chi connectivity index (χ3v) is 6.23. The Morgan fingerprint density at radius 1 is 0.780 bits per heavy atom. The van der Waals surface area contributed by atoms with Crippen molar-refractivity contribution in [2.45, 2.75) is 0 Å². The molecule has 3 aromatic carbocycles. The summed E-state index contributed by atoms with van der Waals surface area (Å²) in [4.78, 5) is 4.25. The summed E-state index contributed by atoms with van der Waals surface area (Å²) in [6.45, 7) is 4.70. The molecular weight excluding hydrogens is 870 g/mol. The molecule has 0 spiro atoms. The average Bonchev–Trinajstić information content (AvgIpc) is 3.40. The molecule has 2 aromatic heterocycles. The van der Waals surface area contributed by atoms with Crippen molar-refractivity contribution in [3.05, 3.63) is 115 Å². The summed E-state index contributed by atoms with van der Waals surface area (Å²) >= 11 is 0. The summed E-state index contributed by atoms with van der Waals surface area (Å²) < 4.78 is 4.29. The van der Waals surface area contributed by atoms with Gasteiger partial charge in [-0.15, -0.1) is 29.3 Å². The number of rotatable bonds is 4. The van der Waals surface area contributed by atoms with Gasteiger partial charge in [0.2, 0.25) is 0 Å². The van der Waals surface area contributed by atoms with Crippen LogP contribution >= 0.6 is 0 Å². The van der Waals surface area contributed by atoms with Gasteiger partial charge < -0.3 is 22.0 Å². The molecule has 0 bridgehead atoms. The summed E-state index contributed by atoms with van der Waals surface area (Å²) in [6, 6.07) is 24.7. The number of hydrogen-bond acceptors (Lipinski definition) is 2. The van der Waals surface area contributed by atoms with Crippen LogP contribution < -0.4 is 0 Å². The van der Waals surface area contributed by atoms with E-state index in [-0.39, 0.29) is 44.8 Å². The fourth-order valence-electron chi connectivity index (χ4n) is 4.51. The SMILES string of the molecule is CN(C)CN(C)C.[Au].[Au].[C-]#CC(=C)/C=C\c1cc2ccccc2n1C.[C-]#Cc1ccc2c(c1)c1ccccc1n2C. The van der Waals surface area contributed by atoms with Crippen LogP contribution in [-0.4, -0.2) is 53.8 Å². The Bertz CT molecular complexity index is 1700. The van der Waals surface area contributed by atoms with Crippen LogP contribution in [0, 0.1) is 24.7 Å². The van der Waals surface area contributed by atoms with E-state index in [0.717, 1.165) is 17.9 Å². The van der Waals surface area contributed by atoms with Crippen molar-refractivity contribution in [3.8, 4) is 11.8 Å². The van der Waals surface area contributed by atoms with Gasteiger partial charge in [0.15, 0.2) is 0 Å². The van der Waals surface area contributed by atoms with Crippen molar-refractivity contribution in [1.82, 2.24) is 18.9 Å². The Kier molecular flexibility index (Phi) is 15.0. The van der Waals surface area contributed by atoms with Crippen molar-refractivity contribution in [1.29, 1.82) is 0 Å². The maximum atomic E-state index is 7.18. The van der Waals surface area contributed by atoms with Crippen molar-refractivity contribution in [3.63, 3.8) is 0 Å². The van der Waals surface area contributed by atoms with Gasteiger partial charge in [-0.2, -0.15) is 6.58 Å². The standard InChI is InChI=1S/C15H10N.C15H12N.C5H14N2.2Au/c1-3-11-8-9-15-13(10-11)12-6-4-5-7-14(12)16(15)2;1-4-12(2)9-10-14-11-13-7-5-6-8-15(13)16(14)3;1-6(2)5-7(3)4;;/h4-10H,2H3;5-11H,2H2,3H3;5H2,1-4H3;;/q2*-1;;;/b;10-9-;;;. The Labute approximate surface area is 276 Å². The molecular formula is C35H36Au2N4-2. The maximum Gasteiger partial charge on any atom is 0.0495 e. The van der Waals surface area contributed by atoms with E-state index in [1.165, 1.54) is 32.7 Å². The molecule has 2 radical (unpaired) electrons. The van der Waals surface area contributed by atoms with Gasteiger partial charge in [-0.05, 0) is 51.8 Å². The number of aryl methyl sites for hydroxylation is 2. The fourth-order valence-corrected chi connectivity index (χ4v) is 4.51. The molecule has 0 aliphatic carbocycles. The van der Waals surface area contributed by atoms with Crippen LogP contribution in [0.3, 0.4) is 0 Å². The fraction of sp³-hybridized carbons (Fsp3) is 0.200. The van der Waals surface area contributed by atoms with E-state index >= 15 is 0 Å². The van der Waals surface area contributed by atoms with Gasteiger partial charge in [-0.3, -0.25) is 21.6 Å². The van der Waals surface area contributed by atoms with E-state index in [1.54, 1.807) is 6.08 Å². The third kappa shape index (κ3) is 9.52. The van der Waals surface area contributed by atoms with Crippen LogP contribution in [0.5, 0.6) is 0 Å². The van der Waals surface area contributed by atoms with E-state index in [4.69, 9.17) is 12.8 Å². The monoisotopic (exact) mass is 906 g/mol. The van der Waals surface area contributed by atoms with Crippen LogP contribution in [0.4, 0.5) is 0 Å². The van der Waals surface area contributed by atoms with Crippen LogP contribution in [0.15, 0.2) is 91.0 Å². The summed E-state index contributed by atoms with van der Waals surface area (Å²) in [5.41, 5.74) is 6.11. The third-order valence-electron chi connectivity index (χ3n) is 6.23. The van der Waals surface area contributed by atoms with Crippen LogP contribution in [0.1, 0.15) is 11.3 Å². The van der Waals surface area contributed by atoms with E-state index < -0.39 is 0 Å². The van der Waals surface area contributed by atoms with E-state index in [1.807, 2.05) is 55.6 Å². The largest absolute Gasteiger partial charge is 0.366 e. The first-order valence-electron chi connectivity index (χ1n) is 12.7. The van der Waals surface area contributed by atoms with Crippen molar-refractivity contribution < 1.29 is 44.8 Å². The Balaban J connectivity index is 0.000000323. The Morgan fingerprint density at radius 3 is 1.93 bits per heavy atom. The van der Waals surface area contributed by atoms with Crippen LogP contribution in [0.25, 0.3) is 38.8 Å². The Morgan fingerprint density at radius 2 is 1.37 bits per heavy atom. The second-order valence-corrected chi connectivity index (χ2v) is 9.90. The zero-order valence-corrected chi connectivity index (χ0v) is 28.7. The molecule has 220 valence electrons. The zero-order chi connectivity index (χ0) is 28.5. The first-order valence-corrected chi connectivity index (χ1v) is 12.7. The molecule has 6 heteroatoms. The molecule has 5 aromatic rings. The zero-order valence-electron chi connectivity index (χ0n) is 24.4. The number of para-hydroxylation sites is 2. The molecule has 0 N–H and O–H groups in total. The van der Waals surface area contributed by atoms with E-state index in [2.05, 4.69) is 103 Å². The molecule has 41 heavy (non-hydrogen) atoms. The summed E-state index contributed by atoms with van der Waals surface area (Å²) in [5.74, 6) is 4.68. The molecule has 2 heterocycles. The van der Waals surface area contributed by atoms with E-state index in [0.29, 0.717) is 5.57 Å². The minimum absolute atomic E-state index is 0. The summed E-state index contributed by atoms with van der Waals surface area (Å²) in [7, 11) is 12.3. The minimum atomic E-state index is 0. The van der Waals surface area contributed by atoms with Gasteiger partial charge in [0, 0.05) is 98.5 Å². The van der Waals surface area contributed by atoms with E-state index in [9.17, 15) is 0 Å². The second kappa shape index (κ2) is 17.1. The van der Waals surface area contributed by atoms with Gasteiger partial charge in [0.05, 0.1) is 0 Å². The van der Waals surface area contributed by atoms with Crippen molar-refractivity contribution >= 4 is 38.8 Å². The number of hydrogen-bond donors (Lipinski definition) is 0. The molecule has 0 saturated carbocycles. The first kappa shape index (κ1) is 36.0. The normalized spacial score (nSPS) is 10.3. The predicted octanol–water partition coefficient (Wildman–Crippen LogP) is 6.67. The molecule has 0 aliphatic rings. The van der Waals surface area contributed by atoms with Gasteiger partial charge in [0.25, 0.3) is 0 Å². The molecule has 0 atom stereocenters. The second-order valence-electron chi connectivity index (χ2n) is 9.90. The number of nitrogens with zero attached hydrogens (tertiary/aromatic N) is 4. The molecule has 0 unspecified atom stereocenters. The summed E-state index contributed by atoms with van der Waals surface area (Å²) in [5, 5.41) is 3.64. The number of benzene rings is 3. The first-order chi connectivity index (χ1) is 18.7. The predicted molar refractivity (Wildman–Crippen MR) is 167 cm³/mol. The minimum Gasteiger partial charge on any atom is -0.366 e. The number of aromatic nitrogens is 2. The number of allylic oxidation sites excluding steroid dienone is 2. The van der Waals surface area contributed by atoms with Gasteiger partial charge >= 0.3 is 0 Å². The smallest absolute Gasteiger partial charge is 0.0495 e. The number of fused-ring (bicyclic) bond motifs is 4. The molecule has 0 saturated heterocycles. The van der Waals surface area contributed by atoms with Crippen molar-refractivity contribution in [2.75, 3.05) is 34.9 Å². The van der Waals surface area contributed by atoms with Crippen LogP contribution in [-0.2, 0) is 58.9 Å². The van der Waals surface area contributed by atoms with Gasteiger partial charge in [0.1, 0.15) is 0 Å². The van der Waals surface area contributed by atoms with Gasteiger partial charge in [-0.25, -0.2) is 0 Å². The molecule has 4 nitrogen and oxygen atoms in total. The molecule has 0 amide bonds. The van der Waals surface area contributed by atoms with Gasteiger partial charge in [-0.1, -0.05) is 48.5 Å². The van der Waals surface area contributed by atoms with Crippen LogP contribution in [0.2, 0.25) is 0 Å². The molecule has 0 aliphatic heterocycles. The molecule has 5 rings (SSSR count). The molecule has 0 fully saturated rings. The maximum absolute atomic E-state index is 7.18.